The molecular formula is C38H24N2O. The molecule has 41 heavy (non-hydrogen) atoms. The third-order valence-corrected chi connectivity index (χ3v) is 7.67. The number of hydrogen-bond donors (Lipinski definition) is 0. The first kappa shape index (κ1) is 23.4. The lowest BCUT2D eigenvalue weighted by atomic mass is 9.96. The molecule has 0 spiro atoms. The van der Waals surface area contributed by atoms with Gasteiger partial charge in [0.15, 0.2) is 11.4 Å². The summed E-state index contributed by atoms with van der Waals surface area (Å²) in [6.45, 7) is 0. The summed E-state index contributed by atoms with van der Waals surface area (Å²) in [6.07, 6.45) is 0. The lowest BCUT2D eigenvalue weighted by Gasteiger charge is -2.10. The second-order valence-electron chi connectivity index (χ2n) is 10.3. The van der Waals surface area contributed by atoms with Gasteiger partial charge in [-0.05, 0) is 63.4 Å². The van der Waals surface area contributed by atoms with Gasteiger partial charge in [-0.15, -0.1) is 0 Å². The fourth-order valence-electron chi connectivity index (χ4n) is 5.60. The topological polar surface area (TPSA) is 38.9 Å². The first-order chi connectivity index (χ1) is 20.3. The molecule has 3 nitrogen and oxygen atoms in total. The average Bonchev–Trinajstić information content (AvgIpc) is 3.43. The van der Waals surface area contributed by atoms with Crippen molar-refractivity contribution in [2.75, 3.05) is 0 Å². The maximum atomic E-state index is 6.28. The van der Waals surface area contributed by atoms with Crippen molar-refractivity contribution in [1.82, 2.24) is 9.97 Å². The summed E-state index contributed by atoms with van der Waals surface area (Å²) in [4.78, 5) is 10.1. The molecule has 8 rings (SSSR count). The first-order valence-electron chi connectivity index (χ1n) is 13.7. The van der Waals surface area contributed by atoms with Crippen molar-refractivity contribution in [3.05, 3.63) is 146 Å². The third kappa shape index (κ3) is 4.16. The molecule has 0 aliphatic carbocycles. The molecule has 0 bridgehead atoms. The normalized spacial score (nSPS) is 11.4. The Balaban J connectivity index is 1.25. The van der Waals surface area contributed by atoms with Crippen molar-refractivity contribution in [3.63, 3.8) is 0 Å². The minimum absolute atomic E-state index is 0.676. The molecule has 0 aliphatic rings. The number of furan rings is 1. The van der Waals surface area contributed by atoms with E-state index < -0.39 is 0 Å². The summed E-state index contributed by atoms with van der Waals surface area (Å²) < 4.78 is 6.28. The lowest BCUT2D eigenvalue weighted by Crippen LogP contribution is -1.94. The van der Waals surface area contributed by atoms with E-state index in [1.807, 2.05) is 36.4 Å². The Morgan fingerprint density at radius 1 is 0.415 bits per heavy atom. The monoisotopic (exact) mass is 524 g/mol. The van der Waals surface area contributed by atoms with Gasteiger partial charge in [-0.3, -0.25) is 0 Å². The summed E-state index contributed by atoms with van der Waals surface area (Å²) in [6, 6.07) is 50.5. The number of fused-ring (bicyclic) bond motifs is 4. The Bertz CT molecular complexity index is 2210. The van der Waals surface area contributed by atoms with E-state index >= 15 is 0 Å². The van der Waals surface area contributed by atoms with Gasteiger partial charge < -0.3 is 4.42 Å². The van der Waals surface area contributed by atoms with Crippen molar-refractivity contribution >= 4 is 32.8 Å². The Kier molecular flexibility index (Phi) is 5.46. The highest BCUT2D eigenvalue weighted by molar-refractivity contribution is 6.07. The predicted molar refractivity (Wildman–Crippen MR) is 169 cm³/mol. The van der Waals surface area contributed by atoms with Gasteiger partial charge in [-0.2, -0.15) is 0 Å². The molecule has 6 aromatic carbocycles. The van der Waals surface area contributed by atoms with Crippen LogP contribution >= 0.6 is 0 Å². The minimum Gasteiger partial charge on any atom is -0.452 e. The van der Waals surface area contributed by atoms with Crippen molar-refractivity contribution in [1.29, 1.82) is 0 Å². The van der Waals surface area contributed by atoms with E-state index in [1.165, 1.54) is 21.9 Å². The van der Waals surface area contributed by atoms with Crippen LogP contribution in [0.4, 0.5) is 0 Å². The van der Waals surface area contributed by atoms with Crippen LogP contribution in [0.25, 0.3) is 77.7 Å². The van der Waals surface area contributed by atoms with E-state index in [0.29, 0.717) is 11.4 Å². The highest BCUT2D eigenvalue weighted by Gasteiger charge is 2.18. The van der Waals surface area contributed by atoms with E-state index in [2.05, 4.69) is 109 Å². The second kappa shape index (κ2) is 9.58. The Labute approximate surface area is 237 Å². The number of benzene rings is 6. The summed E-state index contributed by atoms with van der Waals surface area (Å²) in [5.74, 6) is 0.676. The Hall–Kier alpha value is -5.54. The highest BCUT2D eigenvalue weighted by atomic mass is 16.3. The predicted octanol–water partition coefficient (Wildman–Crippen LogP) is 10.2. The summed E-state index contributed by atoms with van der Waals surface area (Å²) in [5.41, 5.74) is 9.76. The van der Waals surface area contributed by atoms with Gasteiger partial charge >= 0.3 is 0 Å². The molecule has 0 saturated carbocycles. The van der Waals surface area contributed by atoms with Gasteiger partial charge in [-0.1, -0.05) is 115 Å². The molecule has 3 heteroatoms. The summed E-state index contributed by atoms with van der Waals surface area (Å²) in [7, 11) is 0. The largest absolute Gasteiger partial charge is 0.452 e. The zero-order valence-electron chi connectivity index (χ0n) is 22.2. The maximum absolute atomic E-state index is 6.28. The maximum Gasteiger partial charge on any atom is 0.180 e. The van der Waals surface area contributed by atoms with E-state index in [0.717, 1.165) is 44.4 Å². The van der Waals surface area contributed by atoms with Gasteiger partial charge in [-0.25, -0.2) is 9.97 Å². The van der Waals surface area contributed by atoms with Crippen LogP contribution in [0, 0.1) is 0 Å². The zero-order chi connectivity index (χ0) is 27.2. The smallest absolute Gasteiger partial charge is 0.180 e. The van der Waals surface area contributed by atoms with Gasteiger partial charge in [0.2, 0.25) is 0 Å². The van der Waals surface area contributed by atoms with Crippen LogP contribution in [0.1, 0.15) is 0 Å². The molecule has 8 aromatic rings. The van der Waals surface area contributed by atoms with Crippen molar-refractivity contribution in [3.8, 4) is 44.9 Å². The molecular weight excluding hydrogens is 500 g/mol. The van der Waals surface area contributed by atoms with E-state index in [9.17, 15) is 0 Å². The van der Waals surface area contributed by atoms with E-state index in [4.69, 9.17) is 14.4 Å². The number of aromatic nitrogens is 2. The SMILES string of the molecule is c1ccc(-c2nc(-c3cccc(-c4cccc(-c5ccc6ccccc6c5)c4)c3)nc3c2oc2ccccc23)cc1. The van der Waals surface area contributed by atoms with Gasteiger partial charge in [0.05, 0.1) is 0 Å². The van der Waals surface area contributed by atoms with Crippen molar-refractivity contribution in [2.24, 2.45) is 0 Å². The van der Waals surface area contributed by atoms with Crippen LogP contribution in [-0.2, 0) is 0 Å². The van der Waals surface area contributed by atoms with Crippen LogP contribution in [0.3, 0.4) is 0 Å². The molecule has 0 N–H and O–H groups in total. The van der Waals surface area contributed by atoms with E-state index in [1.54, 1.807) is 0 Å². The number of rotatable bonds is 4. The highest BCUT2D eigenvalue weighted by Crippen LogP contribution is 2.36. The molecule has 0 saturated heterocycles. The van der Waals surface area contributed by atoms with Crippen LogP contribution in [-0.4, -0.2) is 9.97 Å². The fraction of sp³-hybridized carbons (Fsp3) is 0. The fourth-order valence-corrected chi connectivity index (χ4v) is 5.60. The lowest BCUT2D eigenvalue weighted by molar-refractivity contribution is 0.667. The van der Waals surface area contributed by atoms with E-state index in [-0.39, 0.29) is 0 Å². The standard InChI is InChI=1S/C38H24N2O/c1-2-11-26(12-3-1)35-37-36(33-18-6-7-19-34(33)41-37)40-38(39-35)32-17-9-16-30(24-32)28-14-8-15-29(23-28)31-21-20-25-10-4-5-13-27(25)22-31/h1-24H. The minimum atomic E-state index is 0.676. The van der Waals surface area contributed by atoms with Crippen LogP contribution in [0.5, 0.6) is 0 Å². The molecule has 0 radical (unpaired) electrons. The molecule has 0 fully saturated rings. The zero-order valence-corrected chi connectivity index (χ0v) is 22.2. The Morgan fingerprint density at radius 3 is 1.83 bits per heavy atom. The number of hydrogen-bond acceptors (Lipinski definition) is 3. The van der Waals surface area contributed by atoms with Crippen molar-refractivity contribution in [2.45, 2.75) is 0 Å². The quantitative estimate of drug-likeness (QED) is 0.230. The molecule has 0 amide bonds. The van der Waals surface area contributed by atoms with Gasteiger partial charge in [0.25, 0.3) is 0 Å². The molecule has 0 unspecified atom stereocenters. The van der Waals surface area contributed by atoms with Crippen LogP contribution < -0.4 is 0 Å². The van der Waals surface area contributed by atoms with Gasteiger partial charge in [0, 0.05) is 16.5 Å². The van der Waals surface area contributed by atoms with Crippen LogP contribution in [0.2, 0.25) is 0 Å². The molecule has 2 aromatic heterocycles. The number of nitrogens with zero attached hydrogens (tertiary/aromatic N) is 2. The molecule has 2 heterocycles. The average molecular weight is 525 g/mol. The molecule has 0 atom stereocenters. The molecule has 192 valence electrons. The Morgan fingerprint density at radius 2 is 1.02 bits per heavy atom. The number of para-hydroxylation sites is 1. The third-order valence-electron chi connectivity index (χ3n) is 7.67. The van der Waals surface area contributed by atoms with Gasteiger partial charge in [0.1, 0.15) is 16.8 Å². The molecule has 0 aliphatic heterocycles. The van der Waals surface area contributed by atoms with Crippen LogP contribution in [0.15, 0.2) is 150 Å². The summed E-state index contributed by atoms with van der Waals surface area (Å²) >= 11 is 0. The second-order valence-corrected chi connectivity index (χ2v) is 10.3. The summed E-state index contributed by atoms with van der Waals surface area (Å²) in [5, 5.41) is 3.48. The van der Waals surface area contributed by atoms with Crippen molar-refractivity contribution < 1.29 is 4.42 Å². The first-order valence-corrected chi connectivity index (χ1v) is 13.7.